The number of benzene rings is 1. The quantitative estimate of drug-likeness (QED) is 0.693. The molecule has 1 aliphatic carbocycles. The third-order valence-electron chi connectivity index (χ3n) is 6.30. The third kappa shape index (κ3) is 4.15. The van der Waals surface area contributed by atoms with Gasteiger partial charge in [-0.2, -0.15) is 0 Å². The smallest absolute Gasteiger partial charge is 0.338 e. The number of hydrogen-bond acceptors (Lipinski definition) is 5. The van der Waals surface area contributed by atoms with Gasteiger partial charge in [-0.1, -0.05) is 6.92 Å². The van der Waals surface area contributed by atoms with E-state index >= 15 is 0 Å². The summed E-state index contributed by atoms with van der Waals surface area (Å²) >= 11 is 0. The molecule has 152 valence electrons. The van der Waals surface area contributed by atoms with E-state index in [2.05, 4.69) is 23.1 Å². The predicted molar refractivity (Wildman–Crippen MR) is 107 cm³/mol. The van der Waals surface area contributed by atoms with Crippen molar-refractivity contribution in [2.24, 2.45) is 5.92 Å². The number of likely N-dealkylation sites (tertiary alicyclic amines) is 1. The molecule has 2 heterocycles. The highest BCUT2D eigenvalue weighted by atomic mass is 16.5. The van der Waals surface area contributed by atoms with Gasteiger partial charge in [-0.15, -0.1) is 0 Å². The number of anilines is 1. The fraction of sp³-hybridized carbons (Fsp3) is 0.619. The van der Waals surface area contributed by atoms with Gasteiger partial charge in [-0.25, -0.2) is 9.59 Å². The summed E-state index contributed by atoms with van der Waals surface area (Å²) in [6.45, 7) is 3.66. The van der Waals surface area contributed by atoms with Crippen LogP contribution >= 0.6 is 0 Å². The zero-order valence-corrected chi connectivity index (χ0v) is 16.4. The molecule has 0 radical (unpaired) electrons. The minimum atomic E-state index is -0.279. The molecule has 28 heavy (non-hydrogen) atoms. The second-order valence-electron chi connectivity index (χ2n) is 8.13. The standard InChI is InChI=1S/C21H30N4O3/c1-2-18-17-13-25(12-11-19(17)24-23-18)21(27)22-15-9-7-14(8-10-15)20(26)28-16-5-3-4-6-16/h7-10,16-19,23-24H,2-6,11-13H2,1H3,(H,22,27). The SMILES string of the molecule is CCC1NNC2CCN(C(=O)Nc3ccc(C(=O)OC4CCCC4)cc3)CC12. The van der Waals surface area contributed by atoms with E-state index in [4.69, 9.17) is 4.74 Å². The number of hydrazine groups is 1. The first kappa shape index (κ1) is 19.2. The zero-order chi connectivity index (χ0) is 19.5. The Labute approximate surface area is 166 Å². The average Bonchev–Trinajstić information content (AvgIpc) is 3.37. The topological polar surface area (TPSA) is 82.7 Å². The summed E-state index contributed by atoms with van der Waals surface area (Å²) in [5.74, 6) is 0.163. The minimum absolute atomic E-state index is 0.0568. The lowest BCUT2D eigenvalue weighted by Gasteiger charge is -2.35. The molecule has 3 aliphatic rings. The molecule has 3 fully saturated rings. The first-order valence-electron chi connectivity index (χ1n) is 10.5. The number of rotatable bonds is 4. The molecule has 2 aliphatic heterocycles. The lowest BCUT2D eigenvalue weighted by Crippen LogP contribution is -2.49. The highest BCUT2D eigenvalue weighted by molar-refractivity contribution is 5.92. The predicted octanol–water partition coefficient (Wildman–Crippen LogP) is 2.89. The minimum Gasteiger partial charge on any atom is -0.459 e. The molecule has 0 spiro atoms. The molecule has 3 unspecified atom stereocenters. The van der Waals surface area contributed by atoms with E-state index in [0.29, 0.717) is 29.3 Å². The Balaban J connectivity index is 1.31. The van der Waals surface area contributed by atoms with Crippen LogP contribution in [-0.2, 0) is 4.74 Å². The number of hydrogen-bond donors (Lipinski definition) is 3. The van der Waals surface area contributed by atoms with Crippen molar-refractivity contribution in [3.63, 3.8) is 0 Å². The molecule has 0 bridgehead atoms. The maximum absolute atomic E-state index is 12.7. The molecule has 1 aromatic carbocycles. The lowest BCUT2D eigenvalue weighted by molar-refractivity contribution is 0.0318. The Hall–Kier alpha value is -2.12. The zero-order valence-electron chi connectivity index (χ0n) is 16.4. The molecular weight excluding hydrogens is 356 g/mol. The molecule has 4 rings (SSSR count). The van der Waals surface area contributed by atoms with Gasteiger partial charge in [0.25, 0.3) is 0 Å². The van der Waals surface area contributed by atoms with Gasteiger partial charge >= 0.3 is 12.0 Å². The second kappa shape index (κ2) is 8.49. The van der Waals surface area contributed by atoms with Crippen LogP contribution in [-0.4, -0.2) is 48.2 Å². The largest absolute Gasteiger partial charge is 0.459 e. The number of esters is 1. The Kier molecular flexibility index (Phi) is 5.82. The maximum Gasteiger partial charge on any atom is 0.338 e. The number of ether oxygens (including phenoxy) is 1. The van der Waals surface area contributed by atoms with Crippen molar-refractivity contribution in [2.45, 2.75) is 63.6 Å². The van der Waals surface area contributed by atoms with Gasteiger partial charge in [0.05, 0.1) is 5.56 Å². The van der Waals surface area contributed by atoms with E-state index in [1.54, 1.807) is 24.3 Å². The van der Waals surface area contributed by atoms with Crippen molar-refractivity contribution in [3.05, 3.63) is 29.8 Å². The second-order valence-corrected chi connectivity index (χ2v) is 8.13. The normalized spacial score (nSPS) is 27.5. The van der Waals surface area contributed by atoms with Gasteiger partial charge in [0, 0.05) is 36.8 Å². The summed E-state index contributed by atoms with van der Waals surface area (Å²) in [6, 6.07) is 7.74. The van der Waals surface area contributed by atoms with Gasteiger partial charge in [0.1, 0.15) is 6.10 Å². The third-order valence-corrected chi connectivity index (χ3v) is 6.30. The van der Waals surface area contributed by atoms with Crippen molar-refractivity contribution in [3.8, 4) is 0 Å². The van der Waals surface area contributed by atoms with E-state index in [-0.39, 0.29) is 18.1 Å². The molecule has 7 nitrogen and oxygen atoms in total. The number of nitrogens with zero attached hydrogens (tertiary/aromatic N) is 1. The lowest BCUT2D eigenvalue weighted by atomic mass is 9.87. The van der Waals surface area contributed by atoms with Crippen LogP contribution in [0.2, 0.25) is 0 Å². The highest BCUT2D eigenvalue weighted by Crippen LogP contribution is 2.26. The van der Waals surface area contributed by atoms with E-state index in [1.165, 1.54) is 0 Å². The van der Waals surface area contributed by atoms with Gasteiger partial charge in [-0.05, 0) is 62.8 Å². The highest BCUT2D eigenvalue weighted by Gasteiger charge is 2.40. The first-order valence-corrected chi connectivity index (χ1v) is 10.5. The van der Waals surface area contributed by atoms with Crippen LogP contribution in [0, 0.1) is 5.92 Å². The summed E-state index contributed by atoms with van der Waals surface area (Å²) in [7, 11) is 0. The number of piperidine rings is 1. The summed E-state index contributed by atoms with van der Waals surface area (Å²) < 4.78 is 5.53. The van der Waals surface area contributed by atoms with E-state index in [0.717, 1.165) is 51.6 Å². The van der Waals surface area contributed by atoms with Crippen LogP contribution in [0.15, 0.2) is 24.3 Å². The molecule has 1 aromatic rings. The van der Waals surface area contributed by atoms with E-state index in [9.17, 15) is 9.59 Å². The Bertz CT molecular complexity index is 696. The molecule has 0 aromatic heterocycles. The van der Waals surface area contributed by atoms with Gasteiger partial charge in [-0.3, -0.25) is 10.9 Å². The van der Waals surface area contributed by atoms with Gasteiger partial charge in [0.15, 0.2) is 0 Å². The summed E-state index contributed by atoms with van der Waals surface area (Å²) in [6.07, 6.45) is 6.23. The van der Waals surface area contributed by atoms with Crippen LogP contribution in [0.4, 0.5) is 10.5 Å². The summed E-state index contributed by atoms with van der Waals surface area (Å²) in [5.41, 5.74) is 7.93. The van der Waals surface area contributed by atoms with Crippen molar-refractivity contribution in [2.75, 3.05) is 18.4 Å². The number of amides is 2. The molecular formula is C21H30N4O3. The number of carbonyl (C=O) groups excluding carboxylic acids is 2. The van der Waals surface area contributed by atoms with Gasteiger partial charge in [0.2, 0.25) is 0 Å². The van der Waals surface area contributed by atoms with Crippen molar-refractivity contribution in [1.29, 1.82) is 0 Å². The van der Waals surface area contributed by atoms with Crippen LogP contribution in [0.5, 0.6) is 0 Å². The summed E-state index contributed by atoms with van der Waals surface area (Å²) in [4.78, 5) is 26.8. The van der Waals surface area contributed by atoms with Crippen molar-refractivity contribution < 1.29 is 14.3 Å². The Morgan fingerprint density at radius 2 is 1.89 bits per heavy atom. The number of fused-ring (bicyclic) bond motifs is 1. The molecule has 7 heteroatoms. The fourth-order valence-corrected chi connectivity index (χ4v) is 4.60. The fourth-order valence-electron chi connectivity index (χ4n) is 4.60. The van der Waals surface area contributed by atoms with E-state index < -0.39 is 0 Å². The molecule has 3 atom stereocenters. The Morgan fingerprint density at radius 3 is 2.61 bits per heavy atom. The van der Waals surface area contributed by atoms with Crippen LogP contribution < -0.4 is 16.2 Å². The van der Waals surface area contributed by atoms with Gasteiger partial charge < -0.3 is 15.0 Å². The first-order chi connectivity index (χ1) is 13.6. The average molecular weight is 386 g/mol. The Morgan fingerprint density at radius 1 is 1.14 bits per heavy atom. The monoisotopic (exact) mass is 386 g/mol. The van der Waals surface area contributed by atoms with Crippen LogP contribution in [0.25, 0.3) is 0 Å². The van der Waals surface area contributed by atoms with Crippen LogP contribution in [0.1, 0.15) is 55.8 Å². The molecule has 2 amide bonds. The molecule has 3 N–H and O–H groups in total. The van der Waals surface area contributed by atoms with Crippen molar-refractivity contribution >= 4 is 17.7 Å². The van der Waals surface area contributed by atoms with Crippen molar-refractivity contribution in [1.82, 2.24) is 15.8 Å². The van der Waals surface area contributed by atoms with E-state index in [1.807, 2.05) is 4.90 Å². The maximum atomic E-state index is 12.7. The molecule has 1 saturated carbocycles. The van der Waals surface area contributed by atoms with Crippen LogP contribution in [0.3, 0.4) is 0 Å². The summed E-state index contributed by atoms with van der Waals surface area (Å²) in [5, 5.41) is 2.96. The number of carbonyl (C=O) groups is 2. The number of nitrogens with one attached hydrogen (secondary N) is 3. The molecule has 2 saturated heterocycles. The number of urea groups is 1.